The van der Waals surface area contributed by atoms with Crippen molar-refractivity contribution >= 4 is 21.5 Å². The second-order valence-electron chi connectivity index (χ2n) is 4.87. The maximum absolute atomic E-state index is 12.3. The van der Waals surface area contributed by atoms with Gasteiger partial charge in [-0.2, -0.15) is 0 Å². The Morgan fingerprint density at radius 1 is 1.09 bits per heavy atom. The zero-order chi connectivity index (χ0) is 16.7. The Labute approximate surface area is 137 Å². The third-order valence-corrected chi connectivity index (χ3v) is 4.41. The Kier molecular flexibility index (Phi) is 5.81. The van der Waals surface area contributed by atoms with E-state index in [0.29, 0.717) is 18.0 Å². The van der Waals surface area contributed by atoms with Crippen LogP contribution >= 0.6 is 0 Å². The summed E-state index contributed by atoms with van der Waals surface area (Å²) in [4.78, 5) is 4.35. The number of hydrogen-bond acceptors (Lipinski definition) is 5. The van der Waals surface area contributed by atoms with Crippen LogP contribution in [0.4, 0.5) is 11.5 Å². The van der Waals surface area contributed by atoms with Crippen LogP contribution < -0.4 is 14.8 Å². The van der Waals surface area contributed by atoms with Gasteiger partial charge in [-0.1, -0.05) is 6.92 Å². The first-order valence-corrected chi connectivity index (χ1v) is 8.99. The van der Waals surface area contributed by atoms with E-state index in [2.05, 4.69) is 21.9 Å². The van der Waals surface area contributed by atoms with E-state index in [1.165, 1.54) is 18.3 Å². The first kappa shape index (κ1) is 17.1. The number of rotatable bonds is 8. The highest BCUT2D eigenvalue weighted by Crippen LogP contribution is 2.19. The summed E-state index contributed by atoms with van der Waals surface area (Å²) in [5.74, 6) is 1.36. The number of aromatic nitrogens is 1. The monoisotopic (exact) mass is 335 g/mol. The molecule has 0 radical (unpaired) electrons. The summed E-state index contributed by atoms with van der Waals surface area (Å²) in [6.07, 6.45) is 2.48. The lowest BCUT2D eigenvalue weighted by Crippen LogP contribution is -2.13. The van der Waals surface area contributed by atoms with E-state index in [1.807, 2.05) is 6.92 Å². The molecule has 0 aliphatic rings. The number of ether oxygens (including phenoxy) is 1. The van der Waals surface area contributed by atoms with Crippen LogP contribution in [0, 0.1) is 0 Å². The molecule has 0 fully saturated rings. The average Bonchev–Trinajstić information content (AvgIpc) is 2.55. The minimum absolute atomic E-state index is 0.175. The Morgan fingerprint density at radius 3 is 2.39 bits per heavy atom. The fourth-order valence-corrected chi connectivity index (χ4v) is 2.95. The summed E-state index contributed by atoms with van der Waals surface area (Å²) in [6, 6.07) is 9.71. The van der Waals surface area contributed by atoms with Crippen molar-refractivity contribution in [1.82, 2.24) is 4.98 Å². The molecule has 0 saturated carbocycles. The molecule has 2 rings (SSSR count). The highest BCUT2D eigenvalue weighted by molar-refractivity contribution is 7.92. The standard InChI is InChI=1S/C16H21N3O3S/c1-3-11-17-16-10-5-13(12-18-16)19-23(20,21)15-8-6-14(7-9-15)22-4-2/h5-10,12,19H,3-4,11H2,1-2H3,(H,17,18). The predicted octanol–water partition coefficient (Wildman–Crippen LogP) is 3.10. The van der Waals surface area contributed by atoms with Gasteiger partial charge < -0.3 is 10.1 Å². The summed E-state index contributed by atoms with van der Waals surface area (Å²) >= 11 is 0. The number of pyridine rings is 1. The van der Waals surface area contributed by atoms with Gasteiger partial charge in [-0.05, 0) is 49.7 Å². The molecule has 0 atom stereocenters. The Balaban J connectivity index is 2.08. The quantitative estimate of drug-likeness (QED) is 0.775. The zero-order valence-corrected chi connectivity index (χ0v) is 14.1. The number of anilines is 2. The van der Waals surface area contributed by atoms with E-state index >= 15 is 0 Å². The molecule has 1 aromatic carbocycles. The van der Waals surface area contributed by atoms with E-state index in [-0.39, 0.29) is 4.90 Å². The van der Waals surface area contributed by atoms with Gasteiger partial charge in [0, 0.05) is 6.54 Å². The zero-order valence-electron chi connectivity index (χ0n) is 13.2. The number of benzene rings is 1. The summed E-state index contributed by atoms with van der Waals surface area (Å²) in [6.45, 7) is 5.29. The lowest BCUT2D eigenvalue weighted by molar-refractivity contribution is 0.340. The summed E-state index contributed by atoms with van der Waals surface area (Å²) in [7, 11) is -3.64. The van der Waals surface area contributed by atoms with Crippen LogP contribution in [0.25, 0.3) is 0 Å². The van der Waals surface area contributed by atoms with Gasteiger partial charge in [-0.15, -0.1) is 0 Å². The van der Waals surface area contributed by atoms with Crippen molar-refractivity contribution in [3.8, 4) is 5.75 Å². The summed E-state index contributed by atoms with van der Waals surface area (Å²) in [5, 5.41) is 3.13. The van der Waals surface area contributed by atoms with Crippen LogP contribution in [0.1, 0.15) is 20.3 Å². The Bertz CT molecular complexity index is 713. The first-order valence-electron chi connectivity index (χ1n) is 7.50. The molecule has 2 aromatic rings. The van der Waals surface area contributed by atoms with Crippen LogP contribution in [0.15, 0.2) is 47.5 Å². The Morgan fingerprint density at radius 2 is 1.83 bits per heavy atom. The van der Waals surface area contributed by atoms with Crippen molar-refractivity contribution in [2.75, 3.05) is 23.2 Å². The minimum Gasteiger partial charge on any atom is -0.494 e. The fourth-order valence-electron chi connectivity index (χ4n) is 1.91. The molecule has 0 aliphatic carbocycles. The normalized spacial score (nSPS) is 11.0. The highest BCUT2D eigenvalue weighted by Gasteiger charge is 2.14. The molecule has 0 unspecified atom stereocenters. The molecule has 23 heavy (non-hydrogen) atoms. The molecule has 0 spiro atoms. The van der Waals surface area contributed by atoms with Gasteiger partial charge in [-0.3, -0.25) is 4.72 Å². The lowest BCUT2D eigenvalue weighted by Gasteiger charge is -2.10. The van der Waals surface area contributed by atoms with Gasteiger partial charge in [-0.25, -0.2) is 13.4 Å². The van der Waals surface area contributed by atoms with E-state index in [9.17, 15) is 8.42 Å². The third kappa shape index (κ3) is 4.85. The van der Waals surface area contributed by atoms with Crippen molar-refractivity contribution in [3.05, 3.63) is 42.6 Å². The minimum atomic E-state index is -3.64. The molecule has 0 bridgehead atoms. The molecule has 0 saturated heterocycles. The lowest BCUT2D eigenvalue weighted by atomic mass is 10.3. The molecule has 1 aromatic heterocycles. The maximum atomic E-state index is 12.3. The molecular formula is C16H21N3O3S. The molecule has 2 N–H and O–H groups in total. The van der Waals surface area contributed by atoms with Crippen LogP contribution in [0.2, 0.25) is 0 Å². The van der Waals surface area contributed by atoms with Crippen molar-refractivity contribution in [3.63, 3.8) is 0 Å². The second-order valence-corrected chi connectivity index (χ2v) is 6.55. The summed E-state index contributed by atoms with van der Waals surface area (Å²) < 4.78 is 32.5. The van der Waals surface area contributed by atoms with Gasteiger partial charge in [0.1, 0.15) is 11.6 Å². The second kappa shape index (κ2) is 7.82. The van der Waals surface area contributed by atoms with Crippen LogP contribution in [-0.4, -0.2) is 26.6 Å². The van der Waals surface area contributed by atoms with E-state index < -0.39 is 10.0 Å². The van der Waals surface area contributed by atoms with Crippen molar-refractivity contribution < 1.29 is 13.2 Å². The van der Waals surface area contributed by atoms with E-state index in [0.717, 1.165) is 18.8 Å². The van der Waals surface area contributed by atoms with E-state index in [4.69, 9.17) is 4.74 Å². The van der Waals surface area contributed by atoms with Crippen molar-refractivity contribution in [1.29, 1.82) is 0 Å². The van der Waals surface area contributed by atoms with Crippen molar-refractivity contribution in [2.24, 2.45) is 0 Å². The molecule has 6 nitrogen and oxygen atoms in total. The molecule has 7 heteroatoms. The molecule has 0 aliphatic heterocycles. The average molecular weight is 335 g/mol. The number of nitrogens with one attached hydrogen (secondary N) is 2. The number of sulfonamides is 1. The van der Waals surface area contributed by atoms with Crippen molar-refractivity contribution in [2.45, 2.75) is 25.2 Å². The van der Waals surface area contributed by atoms with Gasteiger partial charge in [0.05, 0.1) is 23.4 Å². The molecule has 1 heterocycles. The number of nitrogens with zero attached hydrogens (tertiary/aromatic N) is 1. The van der Waals surface area contributed by atoms with E-state index in [1.54, 1.807) is 24.3 Å². The SMILES string of the molecule is CCCNc1ccc(NS(=O)(=O)c2ccc(OCC)cc2)cn1. The van der Waals surface area contributed by atoms with Gasteiger partial charge in [0.2, 0.25) is 0 Å². The first-order chi connectivity index (χ1) is 11.0. The smallest absolute Gasteiger partial charge is 0.261 e. The Hall–Kier alpha value is -2.28. The fraction of sp³-hybridized carbons (Fsp3) is 0.312. The third-order valence-electron chi connectivity index (χ3n) is 3.02. The van der Waals surface area contributed by atoms with Gasteiger partial charge >= 0.3 is 0 Å². The molecular weight excluding hydrogens is 314 g/mol. The van der Waals surface area contributed by atoms with Crippen LogP contribution in [0.5, 0.6) is 5.75 Å². The van der Waals surface area contributed by atoms with Gasteiger partial charge in [0.25, 0.3) is 10.0 Å². The molecule has 124 valence electrons. The summed E-state index contributed by atoms with van der Waals surface area (Å²) in [5.41, 5.74) is 0.418. The maximum Gasteiger partial charge on any atom is 0.261 e. The predicted molar refractivity (Wildman–Crippen MR) is 91.4 cm³/mol. The highest BCUT2D eigenvalue weighted by atomic mass is 32.2. The van der Waals surface area contributed by atoms with Crippen LogP contribution in [0.3, 0.4) is 0 Å². The number of hydrogen-bond donors (Lipinski definition) is 2. The molecule has 0 amide bonds. The van der Waals surface area contributed by atoms with Gasteiger partial charge in [0.15, 0.2) is 0 Å². The topological polar surface area (TPSA) is 80.3 Å². The largest absolute Gasteiger partial charge is 0.494 e. The van der Waals surface area contributed by atoms with Crippen LogP contribution in [-0.2, 0) is 10.0 Å².